The van der Waals surface area contributed by atoms with E-state index in [1.165, 1.54) is 38.8 Å². The van der Waals surface area contributed by atoms with E-state index in [1.807, 2.05) is 4.90 Å². The smallest absolute Gasteiger partial charge is 0.410 e. The number of carbonyl (C=O) groups is 1. The third kappa shape index (κ3) is 2.80. The molecule has 3 fully saturated rings. The van der Waals surface area contributed by atoms with Crippen molar-refractivity contribution in [1.82, 2.24) is 9.80 Å². The molecule has 2 heterocycles. The first-order valence-corrected chi connectivity index (χ1v) is 8.28. The number of nitrogens with zero attached hydrogens (tertiary/aromatic N) is 2. The van der Waals surface area contributed by atoms with Gasteiger partial charge >= 0.3 is 6.09 Å². The summed E-state index contributed by atoms with van der Waals surface area (Å²) < 4.78 is 5.59. The highest BCUT2D eigenvalue weighted by molar-refractivity contribution is 5.69. The van der Waals surface area contributed by atoms with Gasteiger partial charge in [-0.25, -0.2) is 4.79 Å². The normalized spacial score (nSPS) is 27.1. The molecule has 0 N–H and O–H groups in total. The van der Waals surface area contributed by atoms with Crippen molar-refractivity contribution in [3.63, 3.8) is 0 Å². The van der Waals surface area contributed by atoms with Crippen molar-refractivity contribution in [3.05, 3.63) is 0 Å². The van der Waals surface area contributed by atoms with Gasteiger partial charge in [0.2, 0.25) is 0 Å². The fourth-order valence-corrected chi connectivity index (χ4v) is 3.95. The maximum absolute atomic E-state index is 12.1. The molecule has 1 saturated carbocycles. The Bertz CT molecular complexity index is 347. The molecular formula is C16H28N2O2. The van der Waals surface area contributed by atoms with E-state index < -0.39 is 0 Å². The summed E-state index contributed by atoms with van der Waals surface area (Å²) in [6.45, 7) is 8.75. The van der Waals surface area contributed by atoms with Gasteiger partial charge in [-0.1, -0.05) is 0 Å². The largest absolute Gasteiger partial charge is 0.446 e. The molecule has 1 amide bonds. The van der Waals surface area contributed by atoms with Crippen molar-refractivity contribution in [2.24, 2.45) is 5.41 Å². The average Bonchev–Trinajstić information content (AvgIpc) is 2.88. The second-order valence-corrected chi connectivity index (χ2v) is 7.28. The maximum Gasteiger partial charge on any atom is 0.410 e. The fourth-order valence-electron chi connectivity index (χ4n) is 3.95. The van der Waals surface area contributed by atoms with E-state index >= 15 is 0 Å². The molecule has 4 heteroatoms. The monoisotopic (exact) mass is 280 g/mol. The Morgan fingerprint density at radius 3 is 2.30 bits per heavy atom. The van der Waals surface area contributed by atoms with Crippen molar-refractivity contribution in [2.75, 3.05) is 26.2 Å². The van der Waals surface area contributed by atoms with E-state index in [2.05, 4.69) is 18.7 Å². The van der Waals surface area contributed by atoms with E-state index in [4.69, 9.17) is 4.74 Å². The molecule has 4 nitrogen and oxygen atoms in total. The minimum atomic E-state index is -0.0613. The molecule has 0 bridgehead atoms. The molecule has 20 heavy (non-hydrogen) atoms. The van der Waals surface area contributed by atoms with Crippen LogP contribution in [0.25, 0.3) is 0 Å². The van der Waals surface area contributed by atoms with Gasteiger partial charge in [-0.15, -0.1) is 0 Å². The van der Waals surface area contributed by atoms with Crippen molar-refractivity contribution < 1.29 is 9.53 Å². The highest BCUT2D eigenvalue weighted by Crippen LogP contribution is 2.41. The van der Waals surface area contributed by atoms with Gasteiger partial charge < -0.3 is 14.5 Å². The van der Waals surface area contributed by atoms with E-state index in [1.54, 1.807) is 0 Å². The summed E-state index contributed by atoms with van der Waals surface area (Å²) in [6.07, 6.45) is 7.16. The van der Waals surface area contributed by atoms with Crippen LogP contribution in [0.4, 0.5) is 4.79 Å². The Labute approximate surface area is 122 Å². The van der Waals surface area contributed by atoms with Crippen molar-refractivity contribution in [3.8, 4) is 0 Å². The molecular weight excluding hydrogens is 252 g/mol. The van der Waals surface area contributed by atoms with Crippen LogP contribution < -0.4 is 0 Å². The topological polar surface area (TPSA) is 32.8 Å². The summed E-state index contributed by atoms with van der Waals surface area (Å²) in [5.41, 5.74) is 0.403. The van der Waals surface area contributed by atoms with Crippen LogP contribution >= 0.6 is 0 Å². The summed E-state index contributed by atoms with van der Waals surface area (Å²) in [4.78, 5) is 16.5. The van der Waals surface area contributed by atoms with Gasteiger partial charge in [-0.3, -0.25) is 0 Å². The molecule has 0 aromatic heterocycles. The lowest BCUT2D eigenvalue weighted by atomic mass is 9.72. The molecule has 2 saturated heterocycles. The molecule has 0 aromatic carbocycles. The Morgan fingerprint density at radius 1 is 1.15 bits per heavy atom. The van der Waals surface area contributed by atoms with Gasteiger partial charge in [0.25, 0.3) is 0 Å². The van der Waals surface area contributed by atoms with Crippen LogP contribution in [0.2, 0.25) is 0 Å². The third-order valence-corrected chi connectivity index (χ3v) is 5.47. The number of hydrogen-bond acceptors (Lipinski definition) is 3. The SMILES string of the molecule is CC(C)N1CCC2(CC1)CN(C(=O)OC1CCCC1)C2. The van der Waals surface area contributed by atoms with E-state index in [-0.39, 0.29) is 12.2 Å². The quantitative estimate of drug-likeness (QED) is 0.779. The van der Waals surface area contributed by atoms with Crippen LogP contribution in [0.1, 0.15) is 52.4 Å². The number of carbonyl (C=O) groups excluding carboxylic acids is 1. The molecule has 0 unspecified atom stereocenters. The molecule has 0 atom stereocenters. The number of hydrogen-bond donors (Lipinski definition) is 0. The second-order valence-electron chi connectivity index (χ2n) is 7.28. The summed E-state index contributed by atoms with van der Waals surface area (Å²) in [6, 6.07) is 0.649. The van der Waals surface area contributed by atoms with Crippen molar-refractivity contribution in [2.45, 2.75) is 64.5 Å². The zero-order chi connectivity index (χ0) is 14.2. The van der Waals surface area contributed by atoms with Gasteiger partial charge in [-0.2, -0.15) is 0 Å². The second kappa shape index (κ2) is 5.55. The van der Waals surface area contributed by atoms with Crippen molar-refractivity contribution in [1.29, 1.82) is 0 Å². The number of ether oxygens (including phenoxy) is 1. The molecule has 114 valence electrons. The average molecular weight is 280 g/mol. The summed E-state index contributed by atoms with van der Waals surface area (Å²) in [5, 5.41) is 0. The maximum atomic E-state index is 12.1. The van der Waals surface area contributed by atoms with Crippen LogP contribution in [-0.4, -0.2) is 54.2 Å². The highest BCUT2D eigenvalue weighted by atomic mass is 16.6. The van der Waals surface area contributed by atoms with Gasteiger partial charge in [0, 0.05) is 24.5 Å². The number of piperidine rings is 1. The number of rotatable bonds is 2. The van der Waals surface area contributed by atoms with Crippen LogP contribution in [0.3, 0.4) is 0 Å². The summed E-state index contributed by atoms with van der Waals surface area (Å²) >= 11 is 0. The molecule has 2 aliphatic heterocycles. The summed E-state index contributed by atoms with van der Waals surface area (Å²) in [5.74, 6) is 0. The van der Waals surface area contributed by atoms with Gasteiger partial charge in [0.05, 0.1) is 0 Å². The van der Waals surface area contributed by atoms with E-state index in [0.717, 1.165) is 25.9 Å². The first kappa shape index (κ1) is 14.2. The Kier molecular flexibility index (Phi) is 3.93. The zero-order valence-electron chi connectivity index (χ0n) is 12.9. The zero-order valence-corrected chi connectivity index (χ0v) is 12.9. The Hall–Kier alpha value is -0.770. The molecule has 0 aromatic rings. The van der Waals surface area contributed by atoms with Crippen LogP contribution in [0.5, 0.6) is 0 Å². The lowest BCUT2D eigenvalue weighted by Crippen LogP contribution is -2.62. The standard InChI is InChI=1S/C16H28N2O2/c1-13(2)17-9-7-16(8-10-17)11-18(12-16)15(19)20-14-5-3-4-6-14/h13-14H,3-12H2,1-2H3. The van der Waals surface area contributed by atoms with Crippen LogP contribution in [-0.2, 0) is 4.74 Å². The van der Waals surface area contributed by atoms with Crippen molar-refractivity contribution >= 4 is 6.09 Å². The highest BCUT2D eigenvalue weighted by Gasteiger charge is 2.47. The minimum absolute atomic E-state index is 0.0613. The summed E-state index contributed by atoms with van der Waals surface area (Å²) in [7, 11) is 0. The first-order chi connectivity index (χ1) is 9.58. The molecule has 1 spiro atoms. The Balaban J connectivity index is 1.43. The predicted molar refractivity (Wildman–Crippen MR) is 78.7 cm³/mol. The Morgan fingerprint density at radius 2 is 1.75 bits per heavy atom. The third-order valence-electron chi connectivity index (χ3n) is 5.47. The first-order valence-electron chi connectivity index (χ1n) is 8.28. The molecule has 0 radical (unpaired) electrons. The van der Waals surface area contributed by atoms with Gasteiger partial charge in [-0.05, 0) is 65.5 Å². The fraction of sp³-hybridized carbons (Fsp3) is 0.938. The lowest BCUT2D eigenvalue weighted by molar-refractivity contribution is -0.0526. The lowest BCUT2D eigenvalue weighted by Gasteiger charge is -2.54. The number of likely N-dealkylation sites (tertiary alicyclic amines) is 2. The molecule has 3 rings (SSSR count). The molecule has 3 aliphatic rings. The van der Waals surface area contributed by atoms with E-state index in [0.29, 0.717) is 11.5 Å². The van der Waals surface area contributed by atoms with Crippen LogP contribution in [0, 0.1) is 5.41 Å². The predicted octanol–water partition coefficient (Wildman–Crippen LogP) is 2.87. The minimum Gasteiger partial charge on any atom is -0.446 e. The van der Waals surface area contributed by atoms with E-state index in [9.17, 15) is 4.79 Å². The van der Waals surface area contributed by atoms with Gasteiger partial charge in [0.1, 0.15) is 6.10 Å². The van der Waals surface area contributed by atoms with Crippen LogP contribution in [0.15, 0.2) is 0 Å². The van der Waals surface area contributed by atoms with Gasteiger partial charge in [0.15, 0.2) is 0 Å². The number of amides is 1. The molecule has 1 aliphatic carbocycles.